The quantitative estimate of drug-likeness (QED) is 0.627. The number of nitrogens with zero attached hydrogens (tertiary/aromatic N) is 4. The summed E-state index contributed by atoms with van der Waals surface area (Å²) in [4.78, 5) is 25.9. The molecule has 2 rings (SSSR count). The largest absolute Gasteiger partial charge is 0.370 e. The van der Waals surface area contributed by atoms with E-state index in [9.17, 15) is 20.2 Å². The number of nitro benzene ring substituents is 1. The maximum atomic E-state index is 12.0. The Hall–Kier alpha value is -2.62. The average molecular weight is 302 g/mol. The molecule has 1 aromatic carbocycles. The monoisotopic (exact) mass is 302 g/mol. The molecule has 1 aromatic rings. The molecule has 0 atom stereocenters. The van der Waals surface area contributed by atoms with E-state index in [4.69, 9.17) is 0 Å². The molecule has 1 aliphatic rings. The molecule has 7 nitrogen and oxygen atoms in total. The number of hydrogen-bond donors (Lipinski definition) is 0. The van der Waals surface area contributed by atoms with Crippen molar-refractivity contribution < 1.29 is 9.72 Å². The second-order valence-corrected chi connectivity index (χ2v) is 5.56. The first kappa shape index (κ1) is 15.8. The van der Waals surface area contributed by atoms with Crippen LogP contribution in [0.5, 0.6) is 0 Å². The smallest absolute Gasteiger partial charge is 0.270 e. The van der Waals surface area contributed by atoms with Crippen LogP contribution in [-0.4, -0.2) is 42.9 Å². The molecule has 0 aromatic heterocycles. The summed E-state index contributed by atoms with van der Waals surface area (Å²) < 4.78 is 0. The predicted molar refractivity (Wildman–Crippen MR) is 81.4 cm³/mol. The van der Waals surface area contributed by atoms with E-state index >= 15 is 0 Å². The molecule has 1 saturated heterocycles. The first-order chi connectivity index (χ1) is 10.4. The number of non-ortho nitro benzene ring substituents is 1. The molecule has 0 spiro atoms. The standard InChI is InChI=1S/C15H18N4O3/c1-17(2)15(20)11-5-7-18(8-6-11)14-4-3-13(19(21)22)9-12(14)10-16/h3-4,9,11H,5-8H2,1-2H3. The highest BCUT2D eigenvalue weighted by Crippen LogP contribution is 2.29. The molecule has 0 aliphatic carbocycles. The number of carbonyl (C=O) groups is 1. The third-order valence-electron chi connectivity index (χ3n) is 3.94. The van der Waals surface area contributed by atoms with Crippen LogP contribution in [0.3, 0.4) is 0 Å². The van der Waals surface area contributed by atoms with Gasteiger partial charge in [-0.3, -0.25) is 14.9 Å². The molecule has 0 unspecified atom stereocenters. The molecular weight excluding hydrogens is 284 g/mol. The van der Waals surface area contributed by atoms with E-state index in [0.717, 1.165) is 12.8 Å². The Balaban J connectivity index is 2.13. The number of nitro groups is 1. The fourth-order valence-electron chi connectivity index (χ4n) is 2.74. The van der Waals surface area contributed by atoms with Crippen LogP contribution in [0.2, 0.25) is 0 Å². The lowest BCUT2D eigenvalue weighted by atomic mass is 9.94. The van der Waals surface area contributed by atoms with Gasteiger partial charge >= 0.3 is 0 Å². The summed E-state index contributed by atoms with van der Waals surface area (Å²) in [6.07, 6.45) is 1.44. The number of amides is 1. The van der Waals surface area contributed by atoms with Crippen molar-refractivity contribution in [2.45, 2.75) is 12.8 Å². The summed E-state index contributed by atoms with van der Waals surface area (Å²) in [5.74, 6) is 0.138. The van der Waals surface area contributed by atoms with Gasteiger partial charge in [0, 0.05) is 45.2 Å². The highest BCUT2D eigenvalue weighted by molar-refractivity contribution is 5.78. The predicted octanol–water partition coefficient (Wildman–Crippen LogP) is 1.77. The molecule has 0 bridgehead atoms. The Bertz CT molecular complexity index is 628. The average Bonchev–Trinajstić information content (AvgIpc) is 2.53. The number of rotatable bonds is 3. The topological polar surface area (TPSA) is 90.5 Å². The molecular formula is C15H18N4O3. The Morgan fingerprint density at radius 1 is 1.41 bits per heavy atom. The van der Waals surface area contributed by atoms with Crippen LogP contribution >= 0.6 is 0 Å². The van der Waals surface area contributed by atoms with Crippen LogP contribution in [0.15, 0.2) is 18.2 Å². The Morgan fingerprint density at radius 3 is 2.55 bits per heavy atom. The molecule has 1 amide bonds. The number of benzene rings is 1. The van der Waals surface area contributed by atoms with Gasteiger partial charge in [-0.15, -0.1) is 0 Å². The Kier molecular flexibility index (Phi) is 4.61. The van der Waals surface area contributed by atoms with Gasteiger partial charge in [0.25, 0.3) is 5.69 Å². The van der Waals surface area contributed by atoms with Crippen molar-refractivity contribution in [1.82, 2.24) is 4.90 Å². The van der Waals surface area contributed by atoms with Crippen LogP contribution in [0.4, 0.5) is 11.4 Å². The maximum absolute atomic E-state index is 12.0. The minimum Gasteiger partial charge on any atom is -0.370 e. The van der Waals surface area contributed by atoms with E-state index in [1.165, 1.54) is 12.1 Å². The summed E-state index contributed by atoms with van der Waals surface area (Å²) >= 11 is 0. The lowest BCUT2D eigenvalue weighted by molar-refractivity contribution is -0.384. The second kappa shape index (κ2) is 6.43. The number of anilines is 1. The normalized spacial score (nSPS) is 15.2. The summed E-state index contributed by atoms with van der Waals surface area (Å²) in [6.45, 7) is 1.33. The Morgan fingerprint density at radius 2 is 2.05 bits per heavy atom. The minimum atomic E-state index is -0.507. The van der Waals surface area contributed by atoms with Crippen LogP contribution in [-0.2, 0) is 4.79 Å². The van der Waals surface area contributed by atoms with Gasteiger partial charge in [-0.1, -0.05) is 0 Å². The van der Waals surface area contributed by atoms with Crippen molar-refractivity contribution in [3.05, 3.63) is 33.9 Å². The third kappa shape index (κ3) is 3.17. The summed E-state index contributed by atoms with van der Waals surface area (Å²) in [6, 6.07) is 6.34. The van der Waals surface area contributed by atoms with Crippen LogP contribution in [0.1, 0.15) is 18.4 Å². The Labute approximate surface area is 128 Å². The van der Waals surface area contributed by atoms with E-state index in [1.54, 1.807) is 25.1 Å². The lowest BCUT2D eigenvalue weighted by Gasteiger charge is -2.34. The zero-order valence-corrected chi connectivity index (χ0v) is 12.7. The van der Waals surface area contributed by atoms with Crippen LogP contribution < -0.4 is 4.90 Å². The van der Waals surface area contributed by atoms with Crippen molar-refractivity contribution in [3.63, 3.8) is 0 Å². The number of nitriles is 1. The summed E-state index contributed by atoms with van der Waals surface area (Å²) in [5, 5.41) is 20.0. The van der Waals surface area contributed by atoms with E-state index in [1.807, 2.05) is 11.0 Å². The van der Waals surface area contributed by atoms with E-state index in [0.29, 0.717) is 24.3 Å². The fraction of sp³-hybridized carbons (Fsp3) is 0.467. The van der Waals surface area contributed by atoms with Gasteiger partial charge in [0.05, 0.1) is 16.2 Å². The molecule has 116 valence electrons. The zero-order chi connectivity index (χ0) is 16.3. The summed E-state index contributed by atoms with van der Waals surface area (Å²) in [5.41, 5.74) is 0.911. The van der Waals surface area contributed by atoms with Crippen LogP contribution in [0, 0.1) is 27.4 Å². The lowest BCUT2D eigenvalue weighted by Crippen LogP contribution is -2.40. The van der Waals surface area contributed by atoms with Crippen molar-refractivity contribution in [2.75, 3.05) is 32.1 Å². The highest BCUT2D eigenvalue weighted by atomic mass is 16.6. The molecule has 7 heteroatoms. The molecule has 1 fully saturated rings. The van der Waals surface area contributed by atoms with E-state index < -0.39 is 4.92 Å². The van der Waals surface area contributed by atoms with Gasteiger partial charge in [0.2, 0.25) is 5.91 Å². The van der Waals surface area contributed by atoms with Gasteiger partial charge in [-0.05, 0) is 18.9 Å². The van der Waals surface area contributed by atoms with Crippen molar-refractivity contribution in [3.8, 4) is 6.07 Å². The highest BCUT2D eigenvalue weighted by Gasteiger charge is 2.27. The number of piperidine rings is 1. The van der Waals surface area contributed by atoms with Crippen molar-refractivity contribution >= 4 is 17.3 Å². The zero-order valence-electron chi connectivity index (χ0n) is 12.7. The SMILES string of the molecule is CN(C)C(=O)C1CCN(c2ccc([N+](=O)[O-])cc2C#N)CC1. The van der Waals surface area contributed by atoms with Crippen molar-refractivity contribution in [1.29, 1.82) is 5.26 Å². The third-order valence-corrected chi connectivity index (χ3v) is 3.94. The number of hydrogen-bond acceptors (Lipinski definition) is 5. The van der Waals surface area contributed by atoms with E-state index in [-0.39, 0.29) is 17.5 Å². The van der Waals surface area contributed by atoms with Gasteiger partial charge in [0.15, 0.2) is 0 Å². The second-order valence-electron chi connectivity index (χ2n) is 5.56. The van der Waals surface area contributed by atoms with Gasteiger partial charge < -0.3 is 9.80 Å². The first-order valence-electron chi connectivity index (χ1n) is 7.08. The minimum absolute atomic E-state index is 0.00911. The van der Waals surface area contributed by atoms with Gasteiger partial charge in [-0.2, -0.15) is 5.26 Å². The fourth-order valence-corrected chi connectivity index (χ4v) is 2.74. The van der Waals surface area contributed by atoms with E-state index in [2.05, 4.69) is 0 Å². The first-order valence-corrected chi connectivity index (χ1v) is 7.08. The molecule has 1 aliphatic heterocycles. The van der Waals surface area contributed by atoms with Gasteiger partial charge in [0.1, 0.15) is 6.07 Å². The molecule has 22 heavy (non-hydrogen) atoms. The van der Waals surface area contributed by atoms with Crippen molar-refractivity contribution in [2.24, 2.45) is 5.92 Å². The molecule has 1 heterocycles. The number of carbonyl (C=O) groups excluding carboxylic acids is 1. The molecule has 0 radical (unpaired) electrons. The summed E-state index contributed by atoms with van der Waals surface area (Å²) in [7, 11) is 3.50. The van der Waals surface area contributed by atoms with Crippen LogP contribution in [0.25, 0.3) is 0 Å². The van der Waals surface area contributed by atoms with Gasteiger partial charge in [-0.25, -0.2) is 0 Å². The molecule has 0 N–H and O–H groups in total. The maximum Gasteiger partial charge on any atom is 0.270 e. The molecule has 0 saturated carbocycles.